The van der Waals surface area contributed by atoms with Crippen molar-refractivity contribution in [3.8, 4) is 11.5 Å². The van der Waals surface area contributed by atoms with Gasteiger partial charge in [-0.2, -0.15) is 11.8 Å². The molecule has 0 aliphatic carbocycles. The summed E-state index contributed by atoms with van der Waals surface area (Å²) in [5.74, 6) is 3.65. The number of ether oxygens (including phenoxy) is 2. The molecule has 1 aliphatic heterocycles. The average Bonchev–Trinajstić information content (AvgIpc) is 2.56. The van der Waals surface area contributed by atoms with Gasteiger partial charge in [0.2, 0.25) is 0 Å². The summed E-state index contributed by atoms with van der Waals surface area (Å²) >= 11 is 1.87. The first-order valence-electron chi connectivity index (χ1n) is 8.43. The van der Waals surface area contributed by atoms with Crippen LogP contribution in [0.5, 0.6) is 11.5 Å². The van der Waals surface area contributed by atoms with Crippen molar-refractivity contribution in [3.63, 3.8) is 0 Å². The predicted molar refractivity (Wildman–Crippen MR) is 104 cm³/mol. The van der Waals surface area contributed by atoms with Gasteiger partial charge >= 0.3 is 0 Å². The number of hydrogen-bond donors (Lipinski definition) is 1. The van der Waals surface area contributed by atoms with Crippen molar-refractivity contribution in [2.24, 2.45) is 4.99 Å². The summed E-state index contributed by atoms with van der Waals surface area (Å²) in [4.78, 5) is 6.75. The van der Waals surface area contributed by atoms with E-state index in [1.54, 1.807) is 7.11 Å². The fraction of sp³-hybridized carbons (Fsp3) is 0.611. The van der Waals surface area contributed by atoms with E-state index < -0.39 is 0 Å². The maximum atomic E-state index is 5.98. The van der Waals surface area contributed by atoms with E-state index in [-0.39, 0.29) is 0 Å². The van der Waals surface area contributed by atoms with E-state index in [1.807, 2.05) is 24.9 Å². The number of amidine groups is 1. The van der Waals surface area contributed by atoms with Crippen LogP contribution in [0.1, 0.15) is 32.3 Å². The quantitative estimate of drug-likeness (QED) is 0.728. The third kappa shape index (κ3) is 4.72. The molecule has 5 nitrogen and oxygen atoms in total. The Balaban J connectivity index is 2.20. The fourth-order valence-corrected chi connectivity index (χ4v) is 3.09. The van der Waals surface area contributed by atoms with Gasteiger partial charge in [0, 0.05) is 24.7 Å². The van der Waals surface area contributed by atoms with Crippen molar-refractivity contribution in [2.45, 2.75) is 32.7 Å². The van der Waals surface area contributed by atoms with Crippen LogP contribution in [0.15, 0.2) is 17.1 Å². The molecule has 1 aromatic carbocycles. The molecule has 1 heterocycles. The molecule has 0 bridgehead atoms. The lowest BCUT2D eigenvalue weighted by molar-refractivity contribution is 0.288. The summed E-state index contributed by atoms with van der Waals surface area (Å²) in [6.45, 7) is 5.58. The van der Waals surface area contributed by atoms with Gasteiger partial charge in [-0.05, 0) is 44.8 Å². The summed E-state index contributed by atoms with van der Waals surface area (Å²) in [6, 6.07) is 4.42. The van der Waals surface area contributed by atoms with E-state index in [0.29, 0.717) is 19.3 Å². The van der Waals surface area contributed by atoms with E-state index in [0.717, 1.165) is 35.0 Å². The van der Waals surface area contributed by atoms with Crippen molar-refractivity contribution in [3.05, 3.63) is 17.7 Å². The van der Waals surface area contributed by atoms with Crippen molar-refractivity contribution >= 4 is 23.3 Å². The number of rotatable bonds is 8. The van der Waals surface area contributed by atoms with Crippen LogP contribution >= 0.6 is 11.8 Å². The fourth-order valence-electron chi connectivity index (χ4n) is 2.59. The summed E-state index contributed by atoms with van der Waals surface area (Å²) in [5.41, 5.74) is 2.18. The second-order valence-electron chi connectivity index (χ2n) is 6.21. The van der Waals surface area contributed by atoms with Crippen molar-refractivity contribution in [2.75, 3.05) is 44.3 Å². The standard InChI is InChI=1S/C18H29N3O2S/c1-13(2)20-18-14-10-16(22-4)17(23-8-6-7-9-24-5)11-15(14)21(3)12-19-18/h10-11,13H,6-9,12H2,1-5H3,(H,19,20). The normalized spacial score (nSPS) is 13.6. The largest absolute Gasteiger partial charge is 0.493 e. The molecule has 0 saturated carbocycles. The highest BCUT2D eigenvalue weighted by molar-refractivity contribution is 7.98. The van der Waals surface area contributed by atoms with Crippen LogP contribution in [0, 0.1) is 0 Å². The number of fused-ring (bicyclic) bond motifs is 1. The molecule has 0 spiro atoms. The maximum Gasteiger partial charge on any atom is 0.163 e. The first-order valence-corrected chi connectivity index (χ1v) is 9.82. The zero-order chi connectivity index (χ0) is 17.5. The molecule has 6 heteroatoms. The molecule has 0 atom stereocenters. The number of hydrogen-bond acceptors (Lipinski definition) is 6. The molecule has 0 fully saturated rings. The average molecular weight is 352 g/mol. The zero-order valence-corrected chi connectivity index (χ0v) is 16.2. The molecule has 134 valence electrons. The van der Waals surface area contributed by atoms with Crippen LogP contribution in [0.25, 0.3) is 0 Å². The van der Waals surface area contributed by atoms with Gasteiger partial charge in [-0.3, -0.25) is 0 Å². The maximum absolute atomic E-state index is 5.98. The second kappa shape index (κ2) is 9.06. The monoisotopic (exact) mass is 351 g/mol. The van der Waals surface area contributed by atoms with Crippen LogP contribution in [-0.2, 0) is 0 Å². The van der Waals surface area contributed by atoms with Gasteiger partial charge in [0.25, 0.3) is 0 Å². The molecule has 2 rings (SSSR count). The van der Waals surface area contributed by atoms with Crippen LogP contribution in [0.3, 0.4) is 0 Å². The van der Waals surface area contributed by atoms with Gasteiger partial charge in [0.05, 0.1) is 19.4 Å². The van der Waals surface area contributed by atoms with Crippen LogP contribution < -0.4 is 19.7 Å². The summed E-state index contributed by atoms with van der Waals surface area (Å²) in [6.07, 6.45) is 4.36. The number of nitrogens with one attached hydrogen (secondary N) is 1. The smallest absolute Gasteiger partial charge is 0.163 e. The van der Waals surface area contributed by atoms with Crippen molar-refractivity contribution in [1.29, 1.82) is 0 Å². The highest BCUT2D eigenvalue weighted by Crippen LogP contribution is 2.36. The Morgan fingerprint density at radius 2 is 2.08 bits per heavy atom. The van der Waals surface area contributed by atoms with E-state index in [4.69, 9.17) is 9.47 Å². The van der Waals surface area contributed by atoms with E-state index >= 15 is 0 Å². The number of methoxy groups -OCH3 is 1. The van der Waals surface area contributed by atoms with Crippen molar-refractivity contribution < 1.29 is 9.47 Å². The zero-order valence-electron chi connectivity index (χ0n) is 15.4. The van der Waals surface area contributed by atoms with Gasteiger partial charge < -0.3 is 19.7 Å². The molecule has 0 amide bonds. The first-order chi connectivity index (χ1) is 11.6. The summed E-state index contributed by atoms with van der Waals surface area (Å²) < 4.78 is 11.5. The first kappa shape index (κ1) is 18.8. The Hall–Kier alpha value is -1.56. The Morgan fingerprint density at radius 3 is 2.75 bits per heavy atom. The van der Waals surface area contributed by atoms with Crippen LogP contribution in [-0.4, -0.2) is 51.3 Å². The van der Waals surface area contributed by atoms with Gasteiger partial charge in [0.1, 0.15) is 12.5 Å². The second-order valence-corrected chi connectivity index (χ2v) is 7.20. The Bertz CT molecular complexity index is 576. The van der Waals surface area contributed by atoms with Gasteiger partial charge in [-0.25, -0.2) is 4.99 Å². The van der Waals surface area contributed by atoms with Crippen LogP contribution in [0.4, 0.5) is 5.69 Å². The minimum atomic E-state index is 0.332. The molecule has 24 heavy (non-hydrogen) atoms. The minimum Gasteiger partial charge on any atom is -0.493 e. The third-order valence-corrected chi connectivity index (χ3v) is 4.51. The molecule has 0 aromatic heterocycles. The van der Waals surface area contributed by atoms with E-state index in [1.165, 1.54) is 12.2 Å². The van der Waals surface area contributed by atoms with Crippen LogP contribution in [0.2, 0.25) is 0 Å². The SMILES string of the molecule is COc1cc2c(cc1OCCCCSC)N(C)CN=C2NC(C)C. The molecule has 0 saturated heterocycles. The Kier molecular flexibility index (Phi) is 7.09. The van der Waals surface area contributed by atoms with Gasteiger partial charge in [-0.1, -0.05) is 0 Å². The molecule has 1 aliphatic rings. The molecular weight excluding hydrogens is 322 g/mol. The topological polar surface area (TPSA) is 46.1 Å². The number of unbranched alkanes of at least 4 members (excludes halogenated alkanes) is 1. The Morgan fingerprint density at radius 1 is 1.29 bits per heavy atom. The van der Waals surface area contributed by atoms with Gasteiger partial charge in [-0.15, -0.1) is 0 Å². The van der Waals surface area contributed by atoms with Crippen molar-refractivity contribution in [1.82, 2.24) is 5.32 Å². The highest BCUT2D eigenvalue weighted by Gasteiger charge is 2.22. The third-order valence-electron chi connectivity index (χ3n) is 3.82. The number of thioether (sulfide) groups is 1. The number of nitrogens with zero attached hydrogens (tertiary/aromatic N) is 2. The van der Waals surface area contributed by atoms with Gasteiger partial charge in [0.15, 0.2) is 11.5 Å². The van der Waals surface area contributed by atoms with E-state index in [9.17, 15) is 0 Å². The highest BCUT2D eigenvalue weighted by atomic mass is 32.2. The summed E-state index contributed by atoms with van der Waals surface area (Å²) in [5, 5.41) is 3.42. The Labute approximate surface area is 149 Å². The molecule has 1 aromatic rings. The number of anilines is 1. The predicted octanol–water partition coefficient (Wildman–Crippen LogP) is 3.37. The number of benzene rings is 1. The molecule has 0 radical (unpaired) electrons. The lowest BCUT2D eigenvalue weighted by Gasteiger charge is -2.29. The summed E-state index contributed by atoms with van der Waals surface area (Å²) in [7, 11) is 3.73. The lowest BCUT2D eigenvalue weighted by Crippen LogP contribution is -2.37. The van der Waals surface area contributed by atoms with E-state index in [2.05, 4.69) is 41.4 Å². The molecule has 0 unspecified atom stereocenters. The minimum absolute atomic E-state index is 0.332. The molecule has 1 N–H and O–H groups in total. The lowest BCUT2D eigenvalue weighted by atomic mass is 10.1. The number of aliphatic imine (C=N–C) groups is 1. The molecular formula is C18H29N3O2S.